The Balaban J connectivity index is 1.69. The monoisotopic (exact) mass is 1140 g/mol. The van der Waals surface area contributed by atoms with Gasteiger partial charge in [0.2, 0.25) is 0 Å². The fourth-order valence-corrected chi connectivity index (χ4v) is 10.9. The summed E-state index contributed by atoms with van der Waals surface area (Å²) in [5.74, 6) is -0.906. The summed E-state index contributed by atoms with van der Waals surface area (Å²) in [4.78, 5) is 26.0. The maximum absolute atomic E-state index is 13.1. The molecule has 80 heavy (non-hydrogen) atoms. The summed E-state index contributed by atoms with van der Waals surface area (Å²) < 4.78 is 33.8. The van der Waals surface area contributed by atoms with Crippen LogP contribution in [-0.2, 0) is 38.0 Å². The van der Waals surface area contributed by atoms with Crippen LogP contribution in [0.1, 0.15) is 296 Å². The van der Waals surface area contributed by atoms with Crippen molar-refractivity contribution in [3.63, 3.8) is 0 Å². The Morgan fingerprint density at radius 2 is 0.713 bits per heavy atom. The van der Waals surface area contributed by atoms with Crippen molar-refractivity contribution in [3.05, 3.63) is 12.2 Å². The molecule has 0 aromatic heterocycles. The van der Waals surface area contributed by atoms with Gasteiger partial charge in [-0.3, -0.25) is 9.59 Å². The Kier molecular flexibility index (Phi) is 48.0. The molecule has 0 bridgehead atoms. The summed E-state index contributed by atoms with van der Waals surface area (Å²) in [6.45, 7) is 2.67. The van der Waals surface area contributed by atoms with E-state index in [9.17, 15) is 45.3 Å². The highest BCUT2D eigenvalue weighted by molar-refractivity contribution is 5.70. The van der Waals surface area contributed by atoms with Crippen molar-refractivity contribution in [3.8, 4) is 0 Å². The number of aliphatic hydroxyl groups is 7. The summed E-state index contributed by atoms with van der Waals surface area (Å²) in [6, 6.07) is 0. The summed E-state index contributed by atoms with van der Waals surface area (Å²) in [7, 11) is 0. The number of carbonyl (C=O) groups excluding carboxylic acids is 2. The minimum atomic E-state index is -1.76. The smallest absolute Gasteiger partial charge is 0.306 e. The number of unbranched alkanes of at least 4 members (excludes halogenated alkanes) is 39. The fraction of sp³-hybridized carbons (Fsp3) is 0.938. The van der Waals surface area contributed by atoms with Crippen molar-refractivity contribution >= 4 is 11.9 Å². The number of aliphatic hydroxyl groups excluding tert-OH is 7. The van der Waals surface area contributed by atoms with Gasteiger partial charge >= 0.3 is 11.9 Å². The van der Waals surface area contributed by atoms with Crippen LogP contribution in [0.3, 0.4) is 0 Å². The van der Waals surface area contributed by atoms with Crippen molar-refractivity contribution in [2.75, 3.05) is 26.4 Å². The third-order valence-electron chi connectivity index (χ3n) is 16.2. The second kappa shape index (κ2) is 51.6. The number of ether oxygens (including phenoxy) is 6. The molecule has 0 spiro atoms. The number of hydrogen-bond donors (Lipinski definition) is 7. The molecule has 15 nitrogen and oxygen atoms in total. The van der Waals surface area contributed by atoms with E-state index in [-0.39, 0.29) is 26.1 Å². The first-order valence-corrected chi connectivity index (χ1v) is 33.3. The molecule has 2 saturated heterocycles. The van der Waals surface area contributed by atoms with Crippen molar-refractivity contribution in [1.29, 1.82) is 0 Å². The second-order valence-electron chi connectivity index (χ2n) is 23.7. The summed E-state index contributed by atoms with van der Waals surface area (Å²) in [5, 5.41) is 72.5. The Hall–Kier alpha value is -1.76. The standard InChI is InChI=1S/C65H122O15/c1-3-5-7-9-11-13-15-17-19-21-23-25-26-28-29-31-33-35-37-39-41-43-45-47-56(67)75-50-53(51-76-64-63(74)61(72)59(70)55(80-64)52-77-65-62(73)60(71)58(69)54(49-66)79-65)78-57(68)48-46-44-42-40-38-36-34-32-30-27-24-22-20-18-16-14-12-10-8-6-4-2/h22,24,53-55,58-66,69-74H,3-21,23,25-52H2,1-2H3/b24-22-. The average molecular weight is 1140 g/mol. The molecule has 0 saturated carbocycles. The van der Waals surface area contributed by atoms with Crippen LogP contribution in [0.2, 0.25) is 0 Å². The van der Waals surface area contributed by atoms with E-state index in [0.717, 1.165) is 38.5 Å². The summed E-state index contributed by atoms with van der Waals surface area (Å²) in [5.41, 5.74) is 0. The quantitative estimate of drug-likeness (QED) is 0.0171. The van der Waals surface area contributed by atoms with Gasteiger partial charge in [0.1, 0.15) is 55.4 Å². The van der Waals surface area contributed by atoms with E-state index in [2.05, 4.69) is 26.0 Å². The van der Waals surface area contributed by atoms with Crippen molar-refractivity contribution in [2.24, 2.45) is 0 Å². The molecule has 15 heteroatoms. The normalized spacial score (nSPS) is 23.7. The highest BCUT2D eigenvalue weighted by Crippen LogP contribution is 2.27. The first-order chi connectivity index (χ1) is 39.0. The van der Waals surface area contributed by atoms with E-state index >= 15 is 0 Å². The number of esters is 2. The summed E-state index contributed by atoms with van der Waals surface area (Å²) in [6.07, 6.45) is 40.9. The largest absolute Gasteiger partial charge is 0.462 e. The van der Waals surface area contributed by atoms with Crippen molar-refractivity contribution < 1.29 is 73.8 Å². The van der Waals surface area contributed by atoms with Crippen LogP contribution in [0.5, 0.6) is 0 Å². The van der Waals surface area contributed by atoms with Gasteiger partial charge in [0.05, 0.1) is 19.8 Å². The molecular formula is C65H122O15. The molecule has 7 N–H and O–H groups in total. The van der Waals surface area contributed by atoms with Gasteiger partial charge in [-0.25, -0.2) is 0 Å². The lowest BCUT2D eigenvalue weighted by molar-refractivity contribution is -0.332. The lowest BCUT2D eigenvalue weighted by Gasteiger charge is -2.42. The van der Waals surface area contributed by atoms with Gasteiger partial charge in [-0.1, -0.05) is 257 Å². The number of rotatable bonds is 55. The van der Waals surface area contributed by atoms with Crippen LogP contribution in [0.15, 0.2) is 12.2 Å². The molecule has 0 aromatic carbocycles. The molecule has 0 amide bonds. The van der Waals surface area contributed by atoms with Crippen LogP contribution in [0, 0.1) is 0 Å². The molecule has 2 heterocycles. The van der Waals surface area contributed by atoms with E-state index < -0.39 is 92.7 Å². The van der Waals surface area contributed by atoms with Crippen molar-refractivity contribution in [2.45, 2.75) is 364 Å². The SMILES string of the molecule is CCCCCCCCCC/C=C\CCCCCCCCCCCC(=O)OC(COC(=O)CCCCCCCCCCCCCCCCCCCCCCCCC)COC1OC(COC2OC(CO)C(O)C(O)C2O)C(O)C(O)C1O. The Labute approximate surface area is 486 Å². The van der Waals surface area contributed by atoms with E-state index in [4.69, 9.17) is 28.4 Å². The number of hydrogen-bond acceptors (Lipinski definition) is 15. The molecular weight excluding hydrogens is 1020 g/mol. The van der Waals surface area contributed by atoms with Crippen LogP contribution in [0.25, 0.3) is 0 Å². The molecule has 2 rings (SSSR count). The van der Waals surface area contributed by atoms with Crippen molar-refractivity contribution in [1.82, 2.24) is 0 Å². The van der Waals surface area contributed by atoms with Gasteiger partial charge in [-0.2, -0.15) is 0 Å². The number of carbonyl (C=O) groups is 2. The molecule has 0 aromatic rings. The first kappa shape index (κ1) is 74.3. The zero-order valence-electron chi connectivity index (χ0n) is 50.8. The fourth-order valence-electron chi connectivity index (χ4n) is 10.9. The van der Waals surface area contributed by atoms with E-state index in [1.807, 2.05) is 0 Å². The second-order valence-corrected chi connectivity index (χ2v) is 23.7. The maximum atomic E-state index is 13.1. The Morgan fingerprint density at radius 1 is 0.388 bits per heavy atom. The Morgan fingerprint density at radius 3 is 1.10 bits per heavy atom. The van der Waals surface area contributed by atoms with E-state index in [0.29, 0.717) is 12.8 Å². The zero-order chi connectivity index (χ0) is 58.1. The van der Waals surface area contributed by atoms with E-state index in [1.165, 1.54) is 218 Å². The topological polar surface area (TPSA) is 231 Å². The van der Waals surface area contributed by atoms with Gasteiger partial charge < -0.3 is 64.2 Å². The van der Waals surface area contributed by atoms with Gasteiger partial charge in [-0.15, -0.1) is 0 Å². The third-order valence-corrected chi connectivity index (χ3v) is 16.2. The molecule has 2 aliphatic heterocycles. The van der Waals surface area contributed by atoms with Crippen LogP contribution >= 0.6 is 0 Å². The zero-order valence-corrected chi connectivity index (χ0v) is 50.8. The molecule has 2 fully saturated rings. The molecule has 472 valence electrons. The minimum Gasteiger partial charge on any atom is -0.462 e. The maximum Gasteiger partial charge on any atom is 0.306 e. The predicted octanol–water partition coefficient (Wildman–Crippen LogP) is 12.8. The van der Waals surface area contributed by atoms with Crippen LogP contribution in [0.4, 0.5) is 0 Å². The van der Waals surface area contributed by atoms with Gasteiger partial charge in [0.25, 0.3) is 0 Å². The lowest BCUT2D eigenvalue weighted by Crippen LogP contribution is -2.61. The van der Waals surface area contributed by atoms with Crippen LogP contribution < -0.4 is 0 Å². The average Bonchev–Trinajstić information content (AvgIpc) is 3.52. The molecule has 11 atom stereocenters. The van der Waals surface area contributed by atoms with Gasteiger partial charge in [0, 0.05) is 12.8 Å². The minimum absolute atomic E-state index is 0.168. The predicted molar refractivity (Wildman–Crippen MR) is 317 cm³/mol. The molecule has 0 radical (unpaired) electrons. The molecule has 0 aliphatic carbocycles. The highest BCUT2D eigenvalue weighted by atomic mass is 16.7. The van der Waals surface area contributed by atoms with E-state index in [1.54, 1.807) is 0 Å². The lowest BCUT2D eigenvalue weighted by atomic mass is 9.98. The third kappa shape index (κ3) is 37.5. The first-order valence-electron chi connectivity index (χ1n) is 33.3. The van der Waals surface area contributed by atoms with Gasteiger partial charge in [0.15, 0.2) is 18.7 Å². The highest BCUT2D eigenvalue weighted by Gasteiger charge is 2.47. The molecule has 2 aliphatic rings. The van der Waals surface area contributed by atoms with Crippen LogP contribution in [-0.4, -0.2) is 142 Å². The Bertz CT molecular complexity index is 1440. The number of allylic oxidation sites excluding steroid dienone is 2. The molecule has 11 unspecified atom stereocenters. The van der Waals surface area contributed by atoms with Gasteiger partial charge in [-0.05, 0) is 38.5 Å². The summed E-state index contributed by atoms with van der Waals surface area (Å²) >= 11 is 0.